The molecule has 0 unspecified atom stereocenters. The van der Waals surface area contributed by atoms with E-state index in [1.165, 1.54) is 0 Å². The van der Waals surface area contributed by atoms with Gasteiger partial charge in [-0.05, 0) is 32.0 Å². The Morgan fingerprint density at radius 1 is 0.857 bits per heavy atom. The number of piperazine rings is 1. The Kier molecular flexibility index (Phi) is 5.71. The lowest BCUT2D eigenvalue weighted by molar-refractivity contribution is -0.143. The summed E-state index contributed by atoms with van der Waals surface area (Å²) in [4.78, 5) is 26.9. The Bertz CT molecular complexity index is 733. The van der Waals surface area contributed by atoms with Gasteiger partial charge in [-0.15, -0.1) is 0 Å². The summed E-state index contributed by atoms with van der Waals surface area (Å²) in [6.07, 6.45) is -10.1. The van der Waals surface area contributed by atoms with Crippen LogP contribution in [0.3, 0.4) is 0 Å². The van der Waals surface area contributed by atoms with Crippen LogP contribution in [0.2, 0.25) is 0 Å². The normalized spacial score (nSPS) is 16.9. The van der Waals surface area contributed by atoms with Gasteiger partial charge in [-0.1, -0.05) is 0 Å². The Labute approximate surface area is 157 Å². The Hall–Kier alpha value is -2.30. The molecule has 0 aliphatic carbocycles. The number of benzene rings is 1. The van der Waals surface area contributed by atoms with Crippen molar-refractivity contribution in [3.8, 4) is 0 Å². The van der Waals surface area contributed by atoms with Gasteiger partial charge in [0.25, 0.3) is 5.91 Å². The highest BCUT2D eigenvalue weighted by Gasteiger charge is 2.39. The van der Waals surface area contributed by atoms with E-state index >= 15 is 0 Å². The molecule has 1 aromatic carbocycles. The van der Waals surface area contributed by atoms with E-state index in [4.69, 9.17) is 5.73 Å². The smallest absolute Gasteiger partial charge is 0.368 e. The maximum Gasteiger partial charge on any atom is 0.416 e. The molecule has 0 spiro atoms. The van der Waals surface area contributed by atoms with Crippen molar-refractivity contribution in [1.82, 2.24) is 9.80 Å². The van der Waals surface area contributed by atoms with Gasteiger partial charge in [0.2, 0.25) is 5.91 Å². The SMILES string of the molecule is CC(C)(C(N)=O)N1CCN(C(=O)c2cc(C(F)(F)F)cc(C(F)(F)F)c2)CC1. The summed E-state index contributed by atoms with van der Waals surface area (Å²) in [7, 11) is 0. The summed E-state index contributed by atoms with van der Waals surface area (Å²) >= 11 is 0. The number of rotatable bonds is 3. The number of alkyl halides is 6. The number of carbonyl (C=O) groups excluding carboxylic acids is 2. The molecule has 0 bridgehead atoms. The van der Waals surface area contributed by atoms with E-state index in [1.807, 2.05) is 0 Å². The van der Waals surface area contributed by atoms with Crippen molar-refractivity contribution in [3.05, 3.63) is 34.9 Å². The van der Waals surface area contributed by atoms with Crippen molar-refractivity contribution in [3.63, 3.8) is 0 Å². The molecule has 0 aromatic heterocycles. The maximum absolute atomic E-state index is 13.0. The van der Waals surface area contributed by atoms with Crippen LogP contribution < -0.4 is 5.73 Å². The molecule has 1 aliphatic rings. The van der Waals surface area contributed by atoms with Gasteiger partial charge in [0.1, 0.15) is 0 Å². The molecule has 11 heteroatoms. The number of nitrogens with zero attached hydrogens (tertiary/aromatic N) is 2. The first-order valence-corrected chi connectivity index (χ1v) is 8.27. The summed E-state index contributed by atoms with van der Waals surface area (Å²) in [6, 6.07) is 0.804. The van der Waals surface area contributed by atoms with E-state index in [1.54, 1.807) is 18.7 Å². The molecule has 0 radical (unpaired) electrons. The number of nitrogens with two attached hydrogens (primary N) is 1. The first kappa shape index (κ1) is 22.0. The van der Waals surface area contributed by atoms with Gasteiger partial charge in [-0.3, -0.25) is 14.5 Å². The molecule has 2 rings (SSSR count). The van der Waals surface area contributed by atoms with E-state index in [9.17, 15) is 35.9 Å². The largest absolute Gasteiger partial charge is 0.416 e. The second-order valence-electron chi connectivity index (χ2n) is 7.00. The average Bonchev–Trinajstić information content (AvgIpc) is 2.59. The van der Waals surface area contributed by atoms with Crippen LogP contribution in [0, 0.1) is 0 Å². The fourth-order valence-electron chi connectivity index (χ4n) is 2.89. The standard InChI is InChI=1S/C17H19F6N3O2/c1-15(2,14(24)28)26-5-3-25(4-6-26)13(27)10-7-11(16(18,19)20)9-12(8-10)17(21,22)23/h7-9H,3-6H2,1-2H3,(H2,24,28). The lowest BCUT2D eigenvalue weighted by Gasteiger charge is -2.42. The van der Waals surface area contributed by atoms with Gasteiger partial charge in [0, 0.05) is 31.7 Å². The first-order chi connectivity index (χ1) is 12.6. The van der Waals surface area contributed by atoms with Crippen molar-refractivity contribution in [2.24, 2.45) is 5.73 Å². The molecular weight excluding hydrogens is 392 g/mol. The maximum atomic E-state index is 13.0. The third kappa shape index (κ3) is 4.57. The Morgan fingerprint density at radius 3 is 1.64 bits per heavy atom. The molecule has 2 amide bonds. The molecule has 1 heterocycles. The van der Waals surface area contributed by atoms with E-state index in [2.05, 4.69) is 0 Å². The van der Waals surface area contributed by atoms with Crippen molar-refractivity contribution < 1.29 is 35.9 Å². The molecule has 5 nitrogen and oxygen atoms in total. The van der Waals surface area contributed by atoms with Crippen LogP contribution in [0.15, 0.2) is 18.2 Å². The highest BCUT2D eigenvalue weighted by Crippen LogP contribution is 2.36. The topological polar surface area (TPSA) is 66.6 Å². The van der Waals surface area contributed by atoms with Crippen molar-refractivity contribution in [2.45, 2.75) is 31.7 Å². The predicted octanol–water partition coefficient (Wildman–Crippen LogP) is 2.75. The minimum absolute atomic E-state index is 0.0237. The third-order valence-corrected chi connectivity index (χ3v) is 4.80. The van der Waals surface area contributed by atoms with Crippen LogP contribution in [0.4, 0.5) is 26.3 Å². The zero-order valence-corrected chi connectivity index (χ0v) is 15.1. The highest BCUT2D eigenvalue weighted by atomic mass is 19.4. The van der Waals surface area contributed by atoms with E-state index in [0.717, 1.165) is 4.90 Å². The molecule has 1 fully saturated rings. The van der Waals surface area contributed by atoms with Gasteiger partial charge in [-0.2, -0.15) is 26.3 Å². The molecule has 156 valence electrons. The summed E-state index contributed by atoms with van der Waals surface area (Å²) < 4.78 is 77.7. The van der Waals surface area contributed by atoms with E-state index < -0.39 is 46.4 Å². The highest BCUT2D eigenvalue weighted by molar-refractivity contribution is 5.95. The quantitative estimate of drug-likeness (QED) is 0.778. The third-order valence-electron chi connectivity index (χ3n) is 4.80. The molecular formula is C17H19F6N3O2. The molecule has 1 aromatic rings. The van der Waals surface area contributed by atoms with Gasteiger partial charge in [0.15, 0.2) is 0 Å². The molecule has 28 heavy (non-hydrogen) atoms. The van der Waals surface area contributed by atoms with E-state index in [-0.39, 0.29) is 32.2 Å². The van der Waals surface area contributed by atoms with Crippen molar-refractivity contribution in [1.29, 1.82) is 0 Å². The second kappa shape index (κ2) is 7.26. The van der Waals surface area contributed by atoms with Gasteiger partial charge >= 0.3 is 12.4 Å². The zero-order chi connectivity index (χ0) is 21.5. The lowest BCUT2D eigenvalue weighted by Crippen LogP contribution is -2.60. The van der Waals surface area contributed by atoms with E-state index in [0.29, 0.717) is 12.1 Å². The lowest BCUT2D eigenvalue weighted by atomic mass is 10.00. The van der Waals surface area contributed by atoms with Crippen LogP contribution in [-0.2, 0) is 17.1 Å². The predicted molar refractivity (Wildman–Crippen MR) is 87.2 cm³/mol. The fraction of sp³-hybridized carbons (Fsp3) is 0.529. The van der Waals surface area contributed by atoms with Gasteiger partial charge in [-0.25, -0.2) is 0 Å². The minimum Gasteiger partial charge on any atom is -0.368 e. The number of halogens is 6. The summed E-state index contributed by atoms with van der Waals surface area (Å²) in [5.74, 6) is -1.52. The number of primary amides is 1. The number of hydrogen-bond acceptors (Lipinski definition) is 3. The summed E-state index contributed by atoms with van der Waals surface area (Å²) in [5, 5.41) is 0. The Morgan fingerprint density at radius 2 is 1.29 bits per heavy atom. The zero-order valence-electron chi connectivity index (χ0n) is 15.1. The first-order valence-electron chi connectivity index (χ1n) is 8.27. The van der Waals surface area contributed by atoms with Crippen molar-refractivity contribution in [2.75, 3.05) is 26.2 Å². The molecule has 1 aliphatic heterocycles. The Balaban J connectivity index is 2.27. The molecule has 0 atom stereocenters. The van der Waals surface area contributed by atoms with Crippen LogP contribution in [0.5, 0.6) is 0 Å². The fourth-order valence-corrected chi connectivity index (χ4v) is 2.89. The molecule has 0 saturated carbocycles. The minimum atomic E-state index is -5.03. The van der Waals surface area contributed by atoms with Crippen LogP contribution in [0.1, 0.15) is 35.3 Å². The summed E-state index contributed by atoms with van der Waals surface area (Å²) in [6.45, 7) is 3.66. The monoisotopic (exact) mass is 411 g/mol. The van der Waals surface area contributed by atoms with Crippen molar-refractivity contribution >= 4 is 11.8 Å². The average molecular weight is 411 g/mol. The van der Waals surface area contributed by atoms with Crippen LogP contribution >= 0.6 is 0 Å². The summed E-state index contributed by atoms with van der Waals surface area (Å²) in [5.41, 5.74) is 0.561. The number of carbonyl (C=O) groups is 2. The van der Waals surface area contributed by atoms with Gasteiger partial charge in [0.05, 0.1) is 16.7 Å². The number of amides is 2. The van der Waals surface area contributed by atoms with Crippen LogP contribution in [-0.4, -0.2) is 53.3 Å². The molecule has 1 saturated heterocycles. The second-order valence-corrected chi connectivity index (χ2v) is 7.00. The van der Waals surface area contributed by atoms with Gasteiger partial charge < -0.3 is 10.6 Å². The van der Waals surface area contributed by atoms with Crippen LogP contribution in [0.25, 0.3) is 0 Å². The molecule has 2 N–H and O–H groups in total. The number of hydrogen-bond donors (Lipinski definition) is 1.